The molecule has 1 aliphatic rings. The Hall–Kier alpha value is -0.730. The van der Waals surface area contributed by atoms with E-state index in [1.807, 2.05) is 0 Å². The predicted octanol–water partition coefficient (Wildman–Crippen LogP) is 2.99. The minimum absolute atomic E-state index is 0. The molecule has 2 rings (SSSR count). The third-order valence-electron chi connectivity index (χ3n) is 3.56. The number of hydrogen-bond acceptors (Lipinski definition) is 4. The van der Waals surface area contributed by atoms with Crippen LogP contribution in [0.2, 0.25) is 5.02 Å². The quantitative estimate of drug-likeness (QED) is 0.831. The smallest absolute Gasteiger partial charge is 0.404 e. The van der Waals surface area contributed by atoms with Crippen molar-refractivity contribution in [3.8, 4) is 5.75 Å². The standard InChI is InChI=1S/C14H18ClF3N2O2.ClH/c15-11-9-10(1-2-13(11)22-14(16,17)18)12(3-8-21)20-6-4-19-5-7-20;/h1-2,9,12,19,21H,3-8H2;1H/t12-;/m0./s1. The second-order valence-corrected chi connectivity index (χ2v) is 5.46. The predicted molar refractivity (Wildman–Crippen MR) is 84.3 cm³/mol. The molecule has 9 heteroatoms. The van der Waals surface area contributed by atoms with Gasteiger partial charge in [0.05, 0.1) is 5.02 Å². The van der Waals surface area contributed by atoms with Gasteiger partial charge in [0, 0.05) is 38.8 Å². The van der Waals surface area contributed by atoms with Gasteiger partial charge in [0.25, 0.3) is 0 Å². The molecule has 23 heavy (non-hydrogen) atoms. The van der Waals surface area contributed by atoms with Crippen molar-refractivity contribution in [2.75, 3.05) is 32.8 Å². The van der Waals surface area contributed by atoms with E-state index in [1.54, 1.807) is 6.07 Å². The van der Waals surface area contributed by atoms with Crippen LogP contribution in [-0.2, 0) is 0 Å². The first-order valence-corrected chi connectivity index (χ1v) is 7.39. The Balaban J connectivity index is 0.00000264. The molecule has 1 aromatic carbocycles. The largest absolute Gasteiger partial charge is 0.573 e. The molecule has 0 saturated carbocycles. The third kappa shape index (κ3) is 6.00. The lowest BCUT2D eigenvalue weighted by Gasteiger charge is -2.35. The highest BCUT2D eigenvalue weighted by atomic mass is 35.5. The van der Waals surface area contributed by atoms with Crippen LogP contribution in [0, 0.1) is 0 Å². The van der Waals surface area contributed by atoms with E-state index in [4.69, 9.17) is 11.6 Å². The summed E-state index contributed by atoms with van der Waals surface area (Å²) < 4.78 is 40.7. The van der Waals surface area contributed by atoms with Gasteiger partial charge in [0.1, 0.15) is 5.75 Å². The van der Waals surface area contributed by atoms with Crippen LogP contribution in [0.15, 0.2) is 18.2 Å². The summed E-state index contributed by atoms with van der Waals surface area (Å²) >= 11 is 5.90. The second kappa shape index (κ2) is 8.94. The zero-order valence-electron chi connectivity index (χ0n) is 12.3. The summed E-state index contributed by atoms with van der Waals surface area (Å²) in [4.78, 5) is 2.18. The number of halogens is 5. The van der Waals surface area contributed by atoms with Crippen LogP contribution in [0.25, 0.3) is 0 Å². The van der Waals surface area contributed by atoms with Crippen molar-refractivity contribution in [1.29, 1.82) is 0 Å². The average molecular weight is 375 g/mol. The number of nitrogens with zero attached hydrogens (tertiary/aromatic N) is 1. The first-order valence-electron chi connectivity index (χ1n) is 7.01. The maximum Gasteiger partial charge on any atom is 0.573 e. The molecule has 1 atom stereocenters. The fourth-order valence-corrected chi connectivity index (χ4v) is 2.84. The number of aliphatic hydroxyl groups excluding tert-OH is 1. The van der Waals surface area contributed by atoms with Crippen LogP contribution < -0.4 is 10.1 Å². The second-order valence-electron chi connectivity index (χ2n) is 5.05. The summed E-state index contributed by atoms with van der Waals surface area (Å²) in [6, 6.07) is 4.18. The number of aliphatic hydroxyl groups is 1. The summed E-state index contributed by atoms with van der Waals surface area (Å²) in [5, 5.41) is 12.4. The maximum absolute atomic E-state index is 12.3. The molecule has 0 amide bonds. The van der Waals surface area contributed by atoms with E-state index in [2.05, 4.69) is 15.0 Å². The molecule has 132 valence electrons. The lowest BCUT2D eigenvalue weighted by molar-refractivity contribution is -0.274. The Bertz CT molecular complexity index is 497. The van der Waals surface area contributed by atoms with Crippen LogP contribution in [-0.4, -0.2) is 49.2 Å². The summed E-state index contributed by atoms with van der Waals surface area (Å²) in [7, 11) is 0. The van der Waals surface area contributed by atoms with Gasteiger partial charge in [-0.3, -0.25) is 4.90 Å². The fraction of sp³-hybridized carbons (Fsp3) is 0.571. The minimum Gasteiger partial charge on any atom is -0.404 e. The zero-order chi connectivity index (χ0) is 16.2. The Morgan fingerprint density at radius 2 is 1.96 bits per heavy atom. The molecule has 0 spiro atoms. The highest BCUT2D eigenvalue weighted by Gasteiger charge is 2.32. The molecule has 1 saturated heterocycles. The van der Waals surface area contributed by atoms with Gasteiger partial charge in [-0.2, -0.15) is 0 Å². The third-order valence-corrected chi connectivity index (χ3v) is 3.86. The van der Waals surface area contributed by atoms with E-state index in [0.29, 0.717) is 6.42 Å². The Labute approximate surface area is 144 Å². The molecule has 0 unspecified atom stereocenters. The van der Waals surface area contributed by atoms with Gasteiger partial charge in [0.2, 0.25) is 0 Å². The van der Waals surface area contributed by atoms with Crippen LogP contribution >= 0.6 is 24.0 Å². The van der Waals surface area contributed by atoms with Gasteiger partial charge in [-0.25, -0.2) is 0 Å². The monoisotopic (exact) mass is 374 g/mol. The van der Waals surface area contributed by atoms with Gasteiger partial charge >= 0.3 is 6.36 Å². The maximum atomic E-state index is 12.3. The molecule has 1 fully saturated rings. The van der Waals surface area contributed by atoms with Gasteiger partial charge < -0.3 is 15.2 Å². The Kier molecular flexibility index (Phi) is 7.89. The number of benzene rings is 1. The van der Waals surface area contributed by atoms with E-state index >= 15 is 0 Å². The number of hydrogen-bond donors (Lipinski definition) is 2. The molecule has 0 radical (unpaired) electrons. The minimum atomic E-state index is -4.77. The van der Waals surface area contributed by atoms with Crippen LogP contribution in [0.4, 0.5) is 13.2 Å². The summed E-state index contributed by atoms with van der Waals surface area (Å²) in [5.41, 5.74) is 0.774. The molecule has 1 aliphatic heterocycles. The summed E-state index contributed by atoms with van der Waals surface area (Å²) in [5.74, 6) is -0.416. The molecular formula is C14H19Cl2F3N2O2. The average Bonchev–Trinajstić information content (AvgIpc) is 2.47. The van der Waals surface area contributed by atoms with Crippen LogP contribution in [0.3, 0.4) is 0 Å². The number of piperazine rings is 1. The van der Waals surface area contributed by atoms with E-state index in [1.165, 1.54) is 12.1 Å². The van der Waals surface area contributed by atoms with Crippen LogP contribution in [0.1, 0.15) is 18.0 Å². The van der Waals surface area contributed by atoms with E-state index in [9.17, 15) is 18.3 Å². The number of nitrogens with one attached hydrogen (secondary N) is 1. The number of rotatable bonds is 5. The molecular weight excluding hydrogens is 356 g/mol. The molecule has 1 aromatic rings. The van der Waals surface area contributed by atoms with Crippen molar-refractivity contribution in [2.24, 2.45) is 0 Å². The first kappa shape index (κ1) is 20.3. The normalized spacial score (nSPS) is 17.4. The van der Waals surface area contributed by atoms with Gasteiger partial charge in [-0.05, 0) is 24.1 Å². The lowest BCUT2D eigenvalue weighted by atomic mass is 10.0. The van der Waals surface area contributed by atoms with Crippen molar-refractivity contribution in [2.45, 2.75) is 18.8 Å². The highest BCUT2D eigenvalue weighted by molar-refractivity contribution is 6.32. The molecule has 0 aromatic heterocycles. The molecule has 1 heterocycles. The van der Waals surface area contributed by atoms with Crippen molar-refractivity contribution < 1.29 is 23.0 Å². The fourth-order valence-electron chi connectivity index (χ4n) is 2.61. The Morgan fingerprint density at radius 1 is 1.30 bits per heavy atom. The van der Waals surface area contributed by atoms with Crippen molar-refractivity contribution in [1.82, 2.24) is 10.2 Å². The summed E-state index contributed by atoms with van der Waals surface area (Å²) in [6.07, 6.45) is -4.27. The molecule has 0 aliphatic carbocycles. The SMILES string of the molecule is Cl.OCC[C@@H](c1ccc(OC(F)(F)F)c(Cl)c1)N1CCNCC1. The van der Waals surface area contributed by atoms with Crippen molar-refractivity contribution in [3.05, 3.63) is 28.8 Å². The Morgan fingerprint density at radius 3 is 2.48 bits per heavy atom. The topological polar surface area (TPSA) is 44.7 Å². The first-order chi connectivity index (χ1) is 10.4. The van der Waals surface area contributed by atoms with Gasteiger partial charge in [0.15, 0.2) is 0 Å². The van der Waals surface area contributed by atoms with Crippen LogP contribution in [0.5, 0.6) is 5.75 Å². The van der Waals surface area contributed by atoms with E-state index in [-0.39, 0.29) is 30.1 Å². The number of ether oxygens (including phenoxy) is 1. The van der Waals surface area contributed by atoms with Gasteiger partial charge in [-0.15, -0.1) is 25.6 Å². The van der Waals surface area contributed by atoms with E-state index < -0.39 is 12.1 Å². The number of alkyl halides is 3. The molecule has 0 bridgehead atoms. The zero-order valence-corrected chi connectivity index (χ0v) is 13.8. The van der Waals surface area contributed by atoms with Crippen molar-refractivity contribution >= 4 is 24.0 Å². The lowest BCUT2D eigenvalue weighted by Crippen LogP contribution is -2.45. The summed E-state index contributed by atoms with van der Waals surface area (Å²) in [6.45, 7) is 3.29. The van der Waals surface area contributed by atoms with E-state index in [0.717, 1.165) is 31.7 Å². The van der Waals surface area contributed by atoms with Crippen molar-refractivity contribution in [3.63, 3.8) is 0 Å². The van der Waals surface area contributed by atoms with Gasteiger partial charge in [-0.1, -0.05) is 17.7 Å². The highest BCUT2D eigenvalue weighted by Crippen LogP contribution is 2.34. The molecule has 2 N–H and O–H groups in total. The molecule has 4 nitrogen and oxygen atoms in total.